The van der Waals surface area contributed by atoms with Crippen molar-refractivity contribution in [3.05, 3.63) is 48.2 Å². The van der Waals surface area contributed by atoms with Gasteiger partial charge in [0.05, 0.1) is 6.26 Å². The van der Waals surface area contributed by atoms with Gasteiger partial charge in [-0.1, -0.05) is 0 Å². The predicted molar refractivity (Wildman–Crippen MR) is 88.4 cm³/mol. The molecule has 0 radical (unpaired) electrons. The van der Waals surface area contributed by atoms with E-state index in [1.54, 1.807) is 24.5 Å². The molecule has 1 atom stereocenters. The Morgan fingerprint density at radius 3 is 2.50 bits per heavy atom. The fraction of sp³-hybridized carbons (Fsp3) is 0.312. The quantitative estimate of drug-likeness (QED) is 0.428. The summed E-state index contributed by atoms with van der Waals surface area (Å²) in [5.74, 6) is 1.93. The minimum atomic E-state index is -0.303. The lowest BCUT2D eigenvalue weighted by Gasteiger charge is -2.14. The van der Waals surface area contributed by atoms with E-state index in [4.69, 9.17) is 13.9 Å². The molecule has 1 aromatic heterocycles. The highest BCUT2D eigenvalue weighted by Crippen LogP contribution is 2.34. The Balaban J connectivity index is 1.93. The third kappa shape index (κ3) is 2.60. The van der Waals surface area contributed by atoms with E-state index in [9.17, 15) is 4.39 Å². The maximum atomic E-state index is 13.0. The van der Waals surface area contributed by atoms with Gasteiger partial charge in [-0.15, -0.1) is 0 Å². The zero-order valence-electron chi connectivity index (χ0n) is 12.5. The number of furan rings is 1. The zero-order valence-corrected chi connectivity index (χ0v) is 14.6. The summed E-state index contributed by atoms with van der Waals surface area (Å²) in [5, 5.41) is 0. The smallest absolute Gasteiger partial charge is 0.412 e. The average molecular weight is 416 g/mol. The van der Waals surface area contributed by atoms with E-state index in [1.165, 1.54) is 12.1 Å². The maximum Gasteiger partial charge on any atom is 0.412 e. The molecule has 1 aliphatic heterocycles. The van der Waals surface area contributed by atoms with Crippen molar-refractivity contribution in [3.8, 4) is 11.5 Å². The lowest BCUT2D eigenvalue weighted by atomic mass is 10.1. The summed E-state index contributed by atoms with van der Waals surface area (Å²) in [4.78, 5) is 0. The molecule has 6 heteroatoms. The van der Waals surface area contributed by atoms with Crippen molar-refractivity contribution in [1.82, 2.24) is 0 Å². The van der Waals surface area contributed by atoms with Crippen LogP contribution in [0.25, 0.3) is 0 Å². The molecule has 4 nitrogen and oxygen atoms in total. The van der Waals surface area contributed by atoms with Crippen molar-refractivity contribution in [2.24, 2.45) is 0 Å². The molecule has 1 aliphatic rings. The van der Waals surface area contributed by atoms with Crippen molar-refractivity contribution < 1.29 is 22.9 Å². The first kappa shape index (κ1) is 15.3. The van der Waals surface area contributed by atoms with Gasteiger partial charge in [0.1, 0.15) is 18.6 Å². The molecule has 0 saturated carbocycles. The van der Waals surface area contributed by atoms with Crippen LogP contribution in [0, 0.1) is 5.82 Å². The molecule has 0 saturated heterocycles. The maximum absolute atomic E-state index is 13.0. The van der Waals surface area contributed by atoms with Crippen LogP contribution in [0.2, 0.25) is 0 Å². The fourth-order valence-corrected chi connectivity index (χ4v) is 2.76. The van der Waals surface area contributed by atoms with Gasteiger partial charge in [0.15, 0.2) is 5.75 Å². The normalized spacial score (nSPS) is 20.1. The van der Waals surface area contributed by atoms with Gasteiger partial charge in [0.2, 0.25) is 9.65 Å². The molecule has 0 bridgehead atoms. The van der Waals surface area contributed by atoms with Gasteiger partial charge in [-0.3, -0.25) is 0 Å². The number of likely N-dealkylation sites (N-methyl/N-ethyl adjacent to an activating group) is 1. The molecule has 1 aromatic carbocycles. The molecular weight excluding hydrogens is 400 g/mol. The van der Waals surface area contributed by atoms with Crippen LogP contribution in [0.5, 0.6) is 11.5 Å². The van der Waals surface area contributed by atoms with Crippen LogP contribution in [0.4, 0.5) is 4.39 Å². The van der Waals surface area contributed by atoms with Crippen molar-refractivity contribution in [3.63, 3.8) is 0 Å². The van der Waals surface area contributed by atoms with Crippen molar-refractivity contribution in [2.45, 2.75) is 23.5 Å². The van der Waals surface area contributed by atoms with Gasteiger partial charge >= 0.3 is 5.90 Å². The molecule has 0 N–H and O–H groups in total. The summed E-state index contributed by atoms with van der Waals surface area (Å²) >= 11 is 2.26. The predicted octanol–water partition coefficient (Wildman–Crippen LogP) is 4.17. The van der Waals surface area contributed by atoms with Gasteiger partial charge in [-0.25, -0.2) is 4.39 Å². The Kier molecular flexibility index (Phi) is 3.88. The highest BCUT2D eigenvalue weighted by Gasteiger charge is 2.50. The third-order valence-corrected chi connectivity index (χ3v) is 5.58. The number of nitrogens with zero attached hydrogens (tertiary/aromatic N) is 1. The third-order valence-electron chi connectivity index (χ3n) is 3.80. The lowest BCUT2D eigenvalue weighted by Crippen LogP contribution is -2.37. The van der Waals surface area contributed by atoms with E-state index in [-0.39, 0.29) is 15.5 Å². The van der Waals surface area contributed by atoms with Crippen molar-refractivity contribution >= 4 is 28.5 Å². The number of halogens is 2. The van der Waals surface area contributed by atoms with Crippen LogP contribution in [-0.2, 0) is 4.74 Å². The molecule has 0 spiro atoms. The molecule has 3 rings (SSSR count). The highest BCUT2D eigenvalue weighted by molar-refractivity contribution is 14.1. The summed E-state index contributed by atoms with van der Waals surface area (Å²) < 4.78 is 32.2. The number of benzene rings is 1. The number of hydrogen-bond acceptors (Lipinski definition) is 3. The molecule has 22 heavy (non-hydrogen) atoms. The lowest BCUT2D eigenvalue weighted by molar-refractivity contribution is -0.564. The van der Waals surface area contributed by atoms with Crippen molar-refractivity contribution in [1.29, 1.82) is 0 Å². The first-order chi connectivity index (χ1) is 10.4. The van der Waals surface area contributed by atoms with Crippen LogP contribution in [-0.4, -0.2) is 27.2 Å². The van der Waals surface area contributed by atoms with E-state index >= 15 is 0 Å². The van der Waals surface area contributed by atoms with Gasteiger partial charge in [-0.2, -0.15) is 4.58 Å². The molecule has 2 heterocycles. The van der Waals surface area contributed by atoms with Gasteiger partial charge in [-0.05, 0) is 46.9 Å². The standard InChI is InChI=1S/C16H16FINO3/c1-16(2)15(18)22-14(19(16)3)13-12(8-9-20-13)21-11-6-4-10(17)5-7-11/h4-9,15H,1-3H3/q+1. The Morgan fingerprint density at radius 2 is 1.91 bits per heavy atom. The summed E-state index contributed by atoms with van der Waals surface area (Å²) in [7, 11) is 1.96. The minimum Gasteiger partial charge on any atom is -0.453 e. The summed E-state index contributed by atoms with van der Waals surface area (Å²) in [6.07, 6.45) is 1.55. The van der Waals surface area contributed by atoms with Crippen LogP contribution < -0.4 is 4.74 Å². The Labute approximate surface area is 141 Å². The van der Waals surface area contributed by atoms with E-state index in [0.29, 0.717) is 23.2 Å². The van der Waals surface area contributed by atoms with Gasteiger partial charge in [0.25, 0.3) is 5.76 Å². The van der Waals surface area contributed by atoms with Crippen molar-refractivity contribution in [2.75, 3.05) is 7.05 Å². The number of rotatable bonds is 3. The van der Waals surface area contributed by atoms with E-state index in [0.717, 1.165) is 0 Å². The second-order valence-electron chi connectivity index (χ2n) is 5.62. The molecular formula is C16H16FINO3+. The fourth-order valence-electron chi connectivity index (χ4n) is 2.10. The Hall–Kier alpha value is -1.57. The molecule has 116 valence electrons. The monoisotopic (exact) mass is 416 g/mol. The largest absolute Gasteiger partial charge is 0.453 e. The second-order valence-corrected chi connectivity index (χ2v) is 6.75. The topological polar surface area (TPSA) is 34.6 Å². The molecule has 0 amide bonds. The molecule has 0 aliphatic carbocycles. The highest BCUT2D eigenvalue weighted by atomic mass is 127. The van der Waals surface area contributed by atoms with Gasteiger partial charge < -0.3 is 13.9 Å². The first-order valence-corrected chi connectivity index (χ1v) is 8.07. The number of hydrogen-bond donors (Lipinski definition) is 0. The summed E-state index contributed by atoms with van der Waals surface area (Å²) in [5.41, 5.74) is -0.157. The SMILES string of the molecule is C[N+]1=C(c2occc2Oc2ccc(F)cc2)OC(I)C1(C)C. The van der Waals surface area contributed by atoms with E-state index < -0.39 is 0 Å². The summed E-state index contributed by atoms with van der Waals surface area (Å²) in [6.45, 7) is 4.20. The van der Waals surface area contributed by atoms with Gasteiger partial charge in [0, 0.05) is 19.9 Å². The van der Waals surface area contributed by atoms with Crippen LogP contribution >= 0.6 is 22.6 Å². The summed E-state index contributed by atoms with van der Waals surface area (Å²) in [6, 6.07) is 7.56. The van der Waals surface area contributed by atoms with Crippen LogP contribution in [0.15, 0.2) is 41.0 Å². The second kappa shape index (κ2) is 5.57. The number of ether oxygens (including phenoxy) is 2. The molecule has 0 fully saturated rings. The molecule has 1 unspecified atom stereocenters. The van der Waals surface area contributed by atoms with E-state index in [2.05, 4.69) is 36.4 Å². The van der Waals surface area contributed by atoms with E-state index in [1.807, 2.05) is 11.6 Å². The average Bonchev–Trinajstić information content (AvgIpc) is 3.00. The van der Waals surface area contributed by atoms with Crippen LogP contribution in [0.1, 0.15) is 19.6 Å². The minimum absolute atomic E-state index is 0.00567. The Morgan fingerprint density at radius 1 is 1.23 bits per heavy atom. The number of alkyl halides is 1. The first-order valence-electron chi connectivity index (χ1n) is 6.82. The van der Waals surface area contributed by atoms with Crippen LogP contribution in [0.3, 0.4) is 0 Å². The Bertz CT molecular complexity index is 721. The molecule has 2 aromatic rings. The zero-order chi connectivity index (χ0) is 15.9.